The van der Waals surface area contributed by atoms with E-state index in [1.165, 1.54) is 6.20 Å². The van der Waals surface area contributed by atoms with E-state index in [0.29, 0.717) is 11.4 Å². The molecule has 2 aromatic rings. The number of amides is 1. The molecule has 2 rings (SSSR count). The normalized spacial score (nSPS) is 12.1. The van der Waals surface area contributed by atoms with E-state index in [1.54, 1.807) is 12.1 Å². The number of carboxylic acid groups (broad SMARTS) is 1. The molecule has 0 aliphatic carbocycles. The number of carboxylic acids is 1. The monoisotopic (exact) mass is 361 g/mol. The van der Waals surface area contributed by atoms with E-state index in [1.807, 2.05) is 33.8 Å². The highest BCUT2D eigenvalue weighted by Gasteiger charge is 2.26. The summed E-state index contributed by atoms with van der Waals surface area (Å²) in [7, 11) is 0. The molecule has 1 unspecified atom stereocenters. The summed E-state index contributed by atoms with van der Waals surface area (Å²) < 4.78 is 0. The standard InChI is InChI=1S/C18H20ClN3O3/c1-9(2)16-20-8-13(19)15(21-16)17(23)22-14(18(24)25)12-7-5-6-10(3)11(12)4/h5-9,14H,1-4H3,(H,22,23)(H,24,25). The largest absolute Gasteiger partial charge is 0.479 e. The lowest BCUT2D eigenvalue weighted by molar-refractivity contribution is -0.139. The molecule has 0 saturated heterocycles. The molecular formula is C18H20ClN3O3. The van der Waals surface area contributed by atoms with Gasteiger partial charge in [-0.05, 0) is 30.5 Å². The quantitative estimate of drug-likeness (QED) is 0.851. The van der Waals surface area contributed by atoms with Gasteiger partial charge in [-0.3, -0.25) is 4.79 Å². The van der Waals surface area contributed by atoms with Crippen LogP contribution < -0.4 is 5.32 Å². The third kappa shape index (κ3) is 4.14. The number of hydrogen-bond acceptors (Lipinski definition) is 4. The molecule has 25 heavy (non-hydrogen) atoms. The van der Waals surface area contributed by atoms with Crippen LogP contribution in [-0.2, 0) is 4.79 Å². The van der Waals surface area contributed by atoms with E-state index in [2.05, 4.69) is 15.3 Å². The van der Waals surface area contributed by atoms with Crippen LogP contribution in [0.4, 0.5) is 0 Å². The number of halogens is 1. The maximum Gasteiger partial charge on any atom is 0.330 e. The fourth-order valence-electron chi connectivity index (χ4n) is 2.38. The molecule has 0 spiro atoms. The molecule has 1 heterocycles. The molecule has 1 aromatic heterocycles. The molecule has 0 fully saturated rings. The Balaban J connectivity index is 2.38. The van der Waals surface area contributed by atoms with Crippen molar-refractivity contribution >= 4 is 23.5 Å². The van der Waals surface area contributed by atoms with E-state index in [0.717, 1.165) is 11.1 Å². The molecule has 0 bridgehead atoms. The van der Waals surface area contributed by atoms with Crippen LogP contribution in [0.5, 0.6) is 0 Å². The Morgan fingerprint density at radius 1 is 1.24 bits per heavy atom. The maximum absolute atomic E-state index is 12.6. The molecule has 1 aromatic carbocycles. The predicted octanol–water partition coefficient (Wildman–Crippen LogP) is 3.43. The fraction of sp³-hybridized carbons (Fsp3) is 0.333. The summed E-state index contributed by atoms with van der Waals surface area (Å²) >= 11 is 6.03. The fourth-order valence-corrected chi connectivity index (χ4v) is 2.55. The van der Waals surface area contributed by atoms with Crippen LogP contribution in [0.3, 0.4) is 0 Å². The molecule has 0 saturated carbocycles. The molecule has 6 nitrogen and oxygen atoms in total. The second-order valence-electron chi connectivity index (χ2n) is 6.11. The third-order valence-electron chi connectivity index (χ3n) is 3.97. The number of hydrogen-bond donors (Lipinski definition) is 2. The zero-order chi connectivity index (χ0) is 18.7. The van der Waals surface area contributed by atoms with Gasteiger partial charge in [-0.15, -0.1) is 0 Å². The van der Waals surface area contributed by atoms with E-state index >= 15 is 0 Å². The number of aliphatic carboxylic acids is 1. The van der Waals surface area contributed by atoms with Crippen molar-refractivity contribution in [3.63, 3.8) is 0 Å². The summed E-state index contributed by atoms with van der Waals surface area (Å²) in [6.45, 7) is 7.49. The SMILES string of the molecule is Cc1cccc(C(NC(=O)c2nc(C(C)C)ncc2Cl)C(=O)O)c1C. The lowest BCUT2D eigenvalue weighted by Gasteiger charge is -2.18. The first-order valence-corrected chi connectivity index (χ1v) is 8.22. The average Bonchev–Trinajstić information content (AvgIpc) is 2.55. The number of aromatic nitrogens is 2. The highest BCUT2D eigenvalue weighted by molar-refractivity contribution is 6.33. The Bertz CT molecular complexity index is 821. The van der Waals surface area contributed by atoms with Gasteiger partial charge in [0.1, 0.15) is 11.5 Å². The van der Waals surface area contributed by atoms with Crippen LogP contribution >= 0.6 is 11.6 Å². The number of aryl methyl sites for hydroxylation is 1. The van der Waals surface area contributed by atoms with Crippen molar-refractivity contribution in [2.75, 3.05) is 0 Å². The molecule has 132 valence electrons. The minimum absolute atomic E-state index is 0.0121. The van der Waals surface area contributed by atoms with Gasteiger partial charge in [0.25, 0.3) is 5.91 Å². The molecule has 7 heteroatoms. The predicted molar refractivity (Wildman–Crippen MR) is 94.9 cm³/mol. The topological polar surface area (TPSA) is 92.2 Å². The van der Waals surface area contributed by atoms with Gasteiger partial charge in [-0.25, -0.2) is 14.8 Å². The van der Waals surface area contributed by atoms with Gasteiger partial charge in [0.2, 0.25) is 0 Å². The van der Waals surface area contributed by atoms with Crippen LogP contribution in [0.15, 0.2) is 24.4 Å². The van der Waals surface area contributed by atoms with Crippen LogP contribution in [0.25, 0.3) is 0 Å². The Morgan fingerprint density at radius 2 is 1.92 bits per heavy atom. The number of benzene rings is 1. The lowest BCUT2D eigenvalue weighted by atomic mass is 9.97. The Labute approximate surface area is 151 Å². The summed E-state index contributed by atoms with van der Waals surface area (Å²) in [5.74, 6) is -1.33. The van der Waals surface area contributed by atoms with Gasteiger partial charge in [0.15, 0.2) is 6.04 Å². The first-order chi connectivity index (χ1) is 11.7. The summed E-state index contributed by atoms with van der Waals surface area (Å²) in [6.07, 6.45) is 1.35. The molecule has 1 amide bonds. The summed E-state index contributed by atoms with van der Waals surface area (Å²) in [4.78, 5) is 32.5. The Kier molecular flexibility index (Phi) is 5.74. The van der Waals surface area contributed by atoms with Crippen molar-refractivity contribution in [2.24, 2.45) is 0 Å². The van der Waals surface area contributed by atoms with Gasteiger partial charge in [-0.1, -0.05) is 43.6 Å². The van der Waals surface area contributed by atoms with Gasteiger partial charge >= 0.3 is 5.97 Å². The molecule has 0 aliphatic heterocycles. The summed E-state index contributed by atoms with van der Waals surface area (Å²) in [5.41, 5.74) is 2.25. The third-order valence-corrected chi connectivity index (χ3v) is 4.25. The van der Waals surface area contributed by atoms with Crippen molar-refractivity contribution in [2.45, 2.75) is 39.7 Å². The van der Waals surface area contributed by atoms with E-state index in [-0.39, 0.29) is 16.6 Å². The lowest BCUT2D eigenvalue weighted by Crippen LogP contribution is -2.35. The minimum Gasteiger partial charge on any atom is -0.479 e. The number of carbonyl (C=O) groups excluding carboxylic acids is 1. The van der Waals surface area contributed by atoms with Gasteiger partial charge < -0.3 is 10.4 Å². The zero-order valence-corrected chi connectivity index (χ0v) is 15.3. The molecular weight excluding hydrogens is 342 g/mol. The Hall–Kier alpha value is -2.47. The first-order valence-electron chi connectivity index (χ1n) is 7.84. The molecule has 0 aliphatic rings. The maximum atomic E-state index is 12.6. The van der Waals surface area contributed by atoms with E-state index in [4.69, 9.17) is 11.6 Å². The zero-order valence-electron chi connectivity index (χ0n) is 14.5. The average molecular weight is 362 g/mol. The summed E-state index contributed by atoms with van der Waals surface area (Å²) in [6, 6.07) is 4.13. The molecule has 1 atom stereocenters. The van der Waals surface area contributed by atoms with Crippen LogP contribution in [-0.4, -0.2) is 27.0 Å². The summed E-state index contributed by atoms with van der Waals surface area (Å²) in [5, 5.41) is 12.2. The van der Waals surface area contributed by atoms with Crippen molar-refractivity contribution < 1.29 is 14.7 Å². The van der Waals surface area contributed by atoms with Crippen molar-refractivity contribution in [1.29, 1.82) is 0 Å². The number of rotatable bonds is 5. The number of carbonyl (C=O) groups is 2. The number of nitrogens with one attached hydrogen (secondary N) is 1. The highest BCUT2D eigenvalue weighted by Crippen LogP contribution is 2.22. The van der Waals surface area contributed by atoms with Crippen molar-refractivity contribution in [1.82, 2.24) is 15.3 Å². The Morgan fingerprint density at radius 3 is 2.52 bits per heavy atom. The first kappa shape index (κ1) is 18.9. The molecule has 2 N–H and O–H groups in total. The second-order valence-corrected chi connectivity index (χ2v) is 6.52. The van der Waals surface area contributed by atoms with Crippen molar-refractivity contribution in [3.8, 4) is 0 Å². The van der Waals surface area contributed by atoms with Gasteiger partial charge in [0.05, 0.1) is 11.2 Å². The van der Waals surface area contributed by atoms with E-state index < -0.39 is 17.9 Å². The smallest absolute Gasteiger partial charge is 0.330 e. The van der Waals surface area contributed by atoms with Gasteiger partial charge in [-0.2, -0.15) is 0 Å². The van der Waals surface area contributed by atoms with Crippen LogP contribution in [0.2, 0.25) is 5.02 Å². The minimum atomic E-state index is -1.19. The molecule has 0 radical (unpaired) electrons. The highest BCUT2D eigenvalue weighted by atomic mass is 35.5. The van der Waals surface area contributed by atoms with E-state index in [9.17, 15) is 14.7 Å². The van der Waals surface area contributed by atoms with Crippen LogP contribution in [0, 0.1) is 13.8 Å². The van der Waals surface area contributed by atoms with Crippen LogP contribution in [0.1, 0.15) is 58.8 Å². The second kappa shape index (κ2) is 7.61. The number of nitrogens with zero attached hydrogens (tertiary/aromatic N) is 2. The van der Waals surface area contributed by atoms with Crippen molar-refractivity contribution in [3.05, 3.63) is 57.6 Å². The van der Waals surface area contributed by atoms with Gasteiger partial charge in [0, 0.05) is 5.92 Å².